The zero-order valence-corrected chi connectivity index (χ0v) is 15.8. The van der Waals surface area contributed by atoms with Crippen molar-refractivity contribution in [3.05, 3.63) is 43.1 Å². The zero-order chi connectivity index (χ0) is 18.6. The highest BCUT2D eigenvalue weighted by molar-refractivity contribution is 7.16. The number of esters is 1. The van der Waals surface area contributed by atoms with Gasteiger partial charge in [-0.05, 0) is 19.4 Å². The lowest BCUT2D eigenvalue weighted by molar-refractivity contribution is -0.117. The van der Waals surface area contributed by atoms with Crippen molar-refractivity contribution in [2.45, 2.75) is 26.8 Å². The summed E-state index contributed by atoms with van der Waals surface area (Å²) in [5.74, 6) is -1.04. The lowest BCUT2D eigenvalue weighted by atomic mass is 10.2. The molecular weight excluding hydrogens is 389 g/mol. The highest BCUT2D eigenvalue weighted by Gasteiger charge is 2.19. The molecule has 1 amide bonds. The molecule has 2 rings (SSSR count). The summed E-state index contributed by atoms with van der Waals surface area (Å²) in [5.41, 5.74) is -0.387. The number of thiophene rings is 1. The second-order valence-corrected chi connectivity index (χ2v) is 6.77. The average Bonchev–Trinajstić information content (AvgIpc) is 2.98. The first kappa shape index (κ1) is 19.4. The number of hydrogen-bond donors (Lipinski definition) is 1. The van der Waals surface area contributed by atoms with Crippen LogP contribution in [0.3, 0.4) is 0 Å². The fraction of sp³-hybridized carbons (Fsp3) is 0.333. The molecule has 0 fully saturated rings. The van der Waals surface area contributed by atoms with Crippen molar-refractivity contribution in [2.24, 2.45) is 0 Å². The molecule has 0 bridgehead atoms. The summed E-state index contributed by atoms with van der Waals surface area (Å²) in [6.45, 7) is 3.50. The molecule has 2 heterocycles. The van der Waals surface area contributed by atoms with Crippen molar-refractivity contribution in [2.75, 3.05) is 11.9 Å². The molecule has 0 saturated carbocycles. The normalized spacial score (nSPS) is 10.6. The van der Waals surface area contributed by atoms with Crippen LogP contribution >= 0.6 is 34.5 Å². The fourth-order valence-electron chi connectivity index (χ4n) is 1.93. The van der Waals surface area contributed by atoms with Gasteiger partial charge in [-0.3, -0.25) is 9.59 Å². The molecule has 10 heteroatoms. The van der Waals surface area contributed by atoms with Crippen molar-refractivity contribution in [1.29, 1.82) is 0 Å². The van der Waals surface area contributed by atoms with Crippen LogP contribution in [0.15, 0.2) is 17.1 Å². The van der Waals surface area contributed by atoms with Crippen LogP contribution in [-0.4, -0.2) is 28.3 Å². The molecule has 0 spiro atoms. The topological polar surface area (TPSA) is 90.3 Å². The van der Waals surface area contributed by atoms with Gasteiger partial charge in [-0.2, -0.15) is 5.10 Å². The van der Waals surface area contributed by atoms with Crippen molar-refractivity contribution >= 4 is 51.4 Å². The van der Waals surface area contributed by atoms with Gasteiger partial charge >= 0.3 is 5.97 Å². The van der Waals surface area contributed by atoms with Gasteiger partial charge in [0.15, 0.2) is 0 Å². The summed E-state index contributed by atoms with van der Waals surface area (Å²) in [7, 11) is 0. The van der Waals surface area contributed by atoms with Crippen molar-refractivity contribution in [1.82, 2.24) is 9.78 Å². The Morgan fingerprint density at radius 2 is 2.08 bits per heavy atom. The fourth-order valence-corrected chi connectivity index (χ4v) is 3.20. The first-order valence-electron chi connectivity index (χ1n) is 7.38. The molecule has 0 unspecified atom stereocenters. The molecule has 1 N–H and O–H groups in total. The molecule has 0 saturated heterocycles. The summed E-state index contributed by atoms with van der Waals surface area (Å²) in [6, 6.07) is 1.68. The van der Waals surface area contributed by atoms with E-state index in [0.29, 0.717) is 11.4 Å². The van der Waals surface area contributed by atoms with Gasteiger partial charge in [0.05, 0.1) is 23.4 Å². The third kappa shape index (κ3) is 4.59. The van der Waals surface area contributed by atoms with Gasteiger partial charge in [0, 0.05) is 4.88 Å². The molecular formula is C15H15Cl2N3O4S. The third-order valence-electron chi connectivity index (χ3n) is 3.12. The van der Waals surface area contributed by atoms with E-state index in [1.165, 1.54) is 17.5 Å². The highest BCUT2D eigenvalue weighted by atomic mass is 35.5. The van der Waals surface area contributed by atoms with Crippen LogP contribution in [0.4, 0.5) is 5.00 Å². The number of carbonyl (C=O) groups excluding carboxylic acids is 2. The van der Waals surface area contributed by atoms with E-state index in [9.17, 15) is 14.4 Å². The standard InChI is InChI=1S/C15H15Cl2N3O4S/c1-3-8-5-9(15(23)24-4-2)13(25-8)19-11(21)7-20-14(22)12(17)10(16)6-18-20/h5-6H,3-4,7H2,1-2H3,(H,19,21). The van der Waals surface area contributed by atoms with Gasteiger partial charge < -0.3 is 10.1 Å². The Balaban J connectivity index is 2.21. The maximum absolute atomic E-state index is 12.2. The lowest BCUT2D eigenvalue weighted by Gasteiger charge is -2.07. The van der Waals surface area contributed by atoms with Crippen molar-refractivity contribution in [3.63, 3.8) is 0 Å². The van der Waals surface area contributed by atoms with E-state index in [2.05, 4.69) is 10.4 Å². The monoisotopic (exact) mass is 403 g/mol. The van der Waals surface area contributed by atoms with Crippen LogP contribution in [0.25, 0.3) is 0 Å². The summed E-state index contributed by atoms with van der Waals surface area (Å²) in [5, 5.41) is 6.56. The van der Waals surface area contributed by atoms with Gasteiger partial charge in [0.2, 0.25) is 5.91 Å². The molecule has 0 aromatic carbocycles. The van der Waals surface area contributed by atoms with Gasteiger partial charge in [-0.1, -0.05) is 30.1 Å². The number of rotatable bonds is 6. The van der Waals surface area contributed by atoms with E-state index in [4.69, 9.17) is 27.9 Å². The number of nitrogens with zero attached hydrogens (tertiary/aromatic N) is 2. The molecule has 0 radical (unpaired) electrons. The van der Waals surface area contributed by atoms with Crippen LogP contribution < -0.4 is 10.9 Å². The summed E-state index contributed by atoms with van der Waals surface area (Å²) < 4.78 is 5.88. The number of aryl methyl sites for hydroxylation is 1. The largest absolute Gasteiger partial charge is 0.462 e. The smallest absolute Gasteiger partial charge is 0.341 e. The first-order chi connectivity index (χ1) is 11.9. The van der Waals surface area contributed by atoms with E-state index in [1.807, 2.05) is 6.92 Å². The van der Waals surface area contributed by atoms with Crippen molar-refractivity contribution < 1.29 is 14.3 Å². The quantitative estimate of drug-likeness (QED) is 0.748. The summed E-state index contributed by atoms with van der Waals surface area (Å²) in [4.78, 5) is 37.1. The molecule has 134 valence electrons. The number of amides is 1. The van der Waals surface area contributed by atoms with Crippen LogP contribution in [0.2, 0.25) is 10.0 Å². The SMILES string of the molecule is CCOC(=O)c1cc(CC)sc1NC(=O)Cn1ncc(Cl)c(Cl)c1=O. The van der Waals surface area contributed by atoms with Crippen LogP contribution in [0, 0.1) is 0 Å². The number of anilines is 1. The Hall–Kier alpha value is -1.90. The molecule has 25 heavy (non-hydrogen) atoms. The first-order valence-corrected chi connectivity index (χ1v) is 8.95. The Labute approximate surface area is 157 Å². The van der Waals surface area contributed by atoms with E-state index in [0.717, 1.165) is 9.56 Å². The van der Waals surface area contributed by atoms with Crippen LogP contribution in [0.1, 0.15) is 29.1 Å². The van der Waals surface area contributed by atoms with E-state index in [1.54, 1.807) is 13.0 Å². The average molecular weight is 404 g/mol. The van der Waals surface area contributed by atoms with E-state index in [-0.39, 0.29) is 28.8 Å². The third-order valence-corrected chi connectivity index (χ3v) is 5.06. The molecule has 0 aliphatic carbocycles. The van der Waals surface area contributed by atoms with E-state index >= 15 is 0 Å². The van der Waals surface area contributed by atoms with Gasteiger partial charge in [-0.15, -0.1) is 11.3 Å². The van der Waals surface area contributed by atoms with Gasteiger partial charge in [-0.25, -0.2) is 9.48 Å². The van der Waals surface area contributed by atoms with Gasteiger partial charge in [0.25, 0.3) is 5.56 Å². The molecule has 0 aliphatic heterocycles. The maximum Gasteiger partial charge on any atom is 0.341 e. The van der Waals surface area contributed by atoms with Gasteiger partial charge in [0.1, 0.15) is 16.6 Å². The van der Waals surface area contributed by atoms with Crippen molar-refractivity contribution in [3.8, 4) is 0 Å². The Kier molecular flexibility index (Phi) is 6.57. The lowest BCUT2D eigenvalue weighted by Crippen LogP contribution is -2.30. The Bertz CT molecular complexity index is 863. The minimum atomic E-state index is -0.671. The molecule has 7 nitrogen and oxygen atoms in total. The number of ether oxygens (including phenoxy) is 1. The van der Waals surface area contributed by atoms with Crippen LogP contribution in [0.5, 0.6) is 0 Å². The predicted molar refractivity (Wildman–Crippen MR) is 96.8 cm³/mol. The summed E-state index contributed by atoms with van der Waals surface area (Å²) in [6.07, 6.45) is 1.89. The number of hydrogen-bond acceptors (Lipinski definition) is 6. The molecule has 2 aromatic heterocycles. The molecule has 0 atom stereocenters. The molecule has 0 aliphatic rings. The number of carbonyl (C=O) groups is 2. The Morgan fingerprint density at radius 3 is 2.72 bits per heavy atom. The number of nitrogens with one attached hydrogen (secondary N) is 1. The highest BCUT2D eigenvalue weighted by Crippen LogP contribution is 2.29. The minimum Gasteiger partial charge on any atom is -0.462 e. The molecule has 2 aromatic rings. The second kappa shape index (κ2) is 8.46. The maximum atomic E-state index is 12.2. The predicted octanol–water partition coefficient (Wildman–Crippen LogP) is 2.99. The summed E-state index contributed by atoms with van der Waals surface area (Å²) >= 11 is 12.7. The number of halogens is 2. The minimum absolute atomic E-state index is 0.0127. The van der Waals surface area contributed by atoms with E-state index < -0.39 is 17.4 Å². The zero-order valence-electron chi connectivity index (χ0n) is 13.5. The van der Waals surface area contributed by atoms with Crippen LogP contribution in [-0.2, 0) is 22.5 Å². The Morgan fingerprint density at radius 1 is 1.36 bits per heavy atom. The second-order valence-electron chi connectivity index (χ2n) is 4.85. The number of aromatic nitrogens is 2.